The van der Waals surface area contributed by atoms with Gasteiger partial charge in [0.15, 0.2) is 5.65 Å². The molecule has 0 spiro atoms. The third-order valence-corrected chi connectivity index (χ3v) is 2.32. The van der Waals surface area contributed by atoms with Crippen molar-refractivity contribution in [3.05, 3.63) is 36.6 Å². The Morgan fingerprint density at radius 3 is 3.24 bits per heavy atom. The van der Waals surface area contributed by atoms with Crippen molar-refractivity contribution in [2.75, 3.05) is 6.54 Å². The summed E-state index contributed by atoms with van der Waals surface area (Å²) < 4.78 is 1.96. The minimum Gasteiger partial charge on any atom is -0.356 e. The van der Waals surface area contributed by atoms with Crippen LogP contribution >= 0.6 is 0 Å². The van der Waals surface area contributed by atoms with E-state index in [0.717, 1.165) is 17.8 Å². The highest BCUT2D eigenvalue weighted by Gasteiger charge is 1.97. The second-order valence-corrected chi connectivity index (χ2v) is 3.66. The zero-order valence-corrected chi connectivity index (χ0v) is 9.63. The van der Waals surface area contributed by atoms with Crippen LogP contribution in [0.4, 0.5) is 0 Å². The van der Waals surface area contributed by atoms with E-state index in [1.165, 1.54) is 6.92 Å². The molecule has 0 saturated heterocycles. The second-order valence-electron chi connectivity index (χ2n) is 3.66. The average molecular weight is 230 g/mol. The van der Waals surface area contributed by atoms with Gasteiger partial charge in [-0.25, -0.2) is 4.98 Å². The summed E-state index contributed by atoms with van der Waals surface area (Å²) in [5, 5.41) is 2.74. The molecule has 0 bridgehead atoms. The van der Waals surface area contributed by atoms with E-state index in [1.807, 2.05) is 22.7 Å². The van der Waals surface area contributed by atoms with Crippen molar-refractivity contribution in [3.8, 4) is 0 Å². The summed E-state index contributed by atoms with van der Waals surface area (Å²) >= 11 is 0. The first-order chi connectivity index (χ1) is 8.27. The summed E-state index contributed by atoms with van der Waals surface area (Å²) in [5.41, 5.74) is 1.83. The van der Waals surface area contributed by atoms with Gasteiger partial charge in [-0.05, 0) is 12.5 Å². The second kappa shape index (κ2) is 5.25. The molecule has 0 aliphatic heterocycles. The van der Waals surface area contributed by atoms with Gasteiger partial charge in [-0.1, -0.05) is 6.08 Å². The molecule has 17 heavy (non-hydrogen) atoms. The van der Waals surface area contributed by atoms with Gasteiger partial charge in [-0.3, -0.25) is 14.2 Å². The molecule has 0 aliphatic rings. The number of fused-ring (bicyclic) bond motifs is 1. The highest BCUT2D eigenvalue weighted by atomic mass is 16.1. The first-order valence-electron chi connectivity index (χ1n) is 5.45. The minimum absolute atomic E-state index is 0.000669. The number of amides is 1. The lowest BCUT2D eigenvalue weighted by Gasteiger charge is -1.97. The third kappa shape index (κ3) is 2.90. The molecule has 0 radical (unpaired) electrons. The van der Waals surface area contributed by atoms with E-state index in [2.05, 4.69) is 15.3 Å². The highest BCUT2D eigenvalue weighted by molar-refractivity contribution is 5.72. The number of nitrogens with one attached hydrogen (secondary N) is 1. The van der Waals surface area contributed by atoms with Gasteiger partial charge in [-0.15, -0.1) is 0 Å². The van der Waals surface area contributed by atoms with Crippen LogP contribution in [0.15, 0.2) is 30.9 Å². The van der Waals surface area contributed by atoms with E-state index in [1.54, 1.807) is 18.6 Å². The molecule has 0 aromatic carbocycles. The summed E-state index contributed by atoms with van der Waals surface area (Å²) in [4.78, 5) is 18.9. The van der Waals surface area contributed by atoms with Gasteiger partial charge in [0.2, 0.25) is 5.91 Å². The normalized spacial score (nSPS) is 11.1. The van der Waals surface area contributed by atoms with Crippen LogP contribution in [0.25, 0.3) is 11.7 Å². The predicted molar refractivity (Wildman–Crippen MR) is 65.3 cm³/mol. The molecule has 5 heteroatoms. The topological polar surface area (TPSA) is 59.3 Å². The van der Waals surface area contributed by atoms with Crippen LogP contribution in [-0.4, -0.2) is 26.8 Å². The molecule has 2 aromatic heterocycles. The minimum atomic E-state index is -0.000669. The first-order valence-corrected chi connectivity index (χ1v) is 5.45. The number of rotatable bonds is 4. The zero-order valence-electron chi connectivity index (χ0n) is 9.63. The molecule has 0 aliphatic carbocycles. The first kappa shape index (κ1) is 11.3. The van der Waals surface area contributed by atoms with E-state index in [-0.39, 0.29) is 5.91 Å². The van der Waals surface area contributed by atoms with Gasteiger partial charge in [0.25, 0.3) is 0 Å². The Morgan fingerprint density at radius 1 is 1.53 bits per heavy atom. The molecule has 2 rings (SSSR count). The summed E-state index contributed by atoms with van der Waals surface area (Å²) in [7, 11) is 0. The zero-order chi connectivity index (χ0) is 12.1. The molecule has 2 heterocycles. The number of hydrogen-bond acceptors (Lipinski definition) is 3. The highest BCUT2D eigenvalue weighted by Crippen LogP contribution is 2.06. The number of carbonyl (C=O) groups excluding carboxylic acids is 1. The molecule has 2 aromatic rings. The van der Waals surface area contributed by atoms with Crippen molar-refractivity contribution < 1.29 is 4.79 Å². The van der Waals surface area contributed by atoms with Crippen LogP contribution in [0.1, 0.15) is 19.0 Å². The predicted octanol–water partition coefficient (Wildman–Crippen LogP) is 1.27. The Labute approximate surface area is 99.2 Å². The number of hydrogen-bond donors (Lipinski definition) is 1. The molecule has 0 saturated carbocycles. The van der Waals surface area contributed by atoms with Crippen molar-refractivity contribution in [3.63, 3.8) is 0 Å². The van der Waals surface area contributed by atoms with Crippen LogP contribution in [0.3, 0.4) is 0 Å². The van der Waals surface area contributed by atoms with Gasteiger partial charge in [-0.2, -0.15) is 0 Å². The van der Waals surface area contributed by atoms with Gasteiger partial charge in [0.05, 0.1) is 18.1 Å². The van der Waals surface area contributed by atoms with Crippen LogP contribution < -0.4 is 5.32 Å². The fraction of sp³-hybridized carbons (Fsp3) is 0.250. The van der Waals surface area contributed by atoms with Gasteiger partial charge in [0, 0.05) is 25.9 Å². The van der Waals surface area contributed by atoms with Crippen LogP contribution in [0.2, 0.25) is 0 Å². The van der Waals surface area contributed by atoms with Crippen molar-refractivity contribution in [1.29, 1.82) is 0 Å². The Bertz CT molecular complexity index is 544. The molecule has 1 N–H and O–H groups in total. The third-order valence-electron chi connectivity index (χ3n) is 2.32. The molecular weight excluding hydrogens is 216 g/mol. The lowest BCUT2D eigenvalue weighted by Crippen LogP contribution is -2.20. The van der Waals surface area contributed by atoms with E-state index >= 15 is 0 Å². The fourth-order valence-electron chi connectivity index (χ4n) is 1.52. The molecule has 5 nitrogen and oxygen atoms in total. The summed E-state index contributed by atoms with van der Waals surface area (Å²) in [6.07, 6.45) is 11.9. The molecular formula is C12H14N4O. The smallest absolute Gasteiger partial charge is 0.216 e. The maximum Gasteiger partial charge on any atom is 0.216 e. The number of aromatic nitrogens is 3. The fourth-order valence-corrected chi connectivity index (χ4v) is 1.52. The van der Waals surface area contributed by atoms with E-state index in [9.17, 15) is 4.79 Å². The average Bonchev–Trinajstić information content (AvgIpc) is 2.72. The van der Waals surface area contributed by atoms with Crippen molar-refractivity contribution >= 4 is 17.6 Å². The monoisotopic (exact) mass is 230 g/mol. The quantitative estimate of drug-likeness (QED) is 0.805. The largest absolute Gasteiger partial charge is 0.356 e. The van der Waals surface area contributed by atoms with Crippen molar-refractivity contribution in [2.45, 2.75) is 13.3 Å². The Hall–Kier alpha value is -2.17. The number of nitrogens with zero attached hydrogens (tertiary/aromatic N) is 3. The summed E-state index contributed by atoms with van der Waals surface area (Å²) in [6.45, 7) is 2.17. The molecule has 0 unspecified atom stereocenters. The maximum atomic E-state index is 10.7. The van der Waals surface area contributed by atoms with E-state index in [0.29, 0.717) is 6.54 Å². The molecule has 88 valence electrons. The number of imidazole rings is 1. The summed E-state index contributed by atoms with van der Waals surface area (Å²) in [6, 6.07) is 0. The van der Waals surface area contributed by atoms with E-state index < -0.39 is 0 Å². The maximum absolute atomic E-state index is 10.7. The van der Waals surface area contributed by atoms with Crippen LogP contribution in [-0.2, 0) is 4.79 Å². The molecule has 1 amide bonds. The lowest BCUT2D eigenvalue weighted by molar-refractivity contribution is -0.118. The standard InChI is InChI=1S/C12H14N4O/c1-10(17)14-5-3-2-4-11-8-15-12-9-13-6-7-16(11)12/h2,4,6-9H,3,5H2,1H3,(H,14,17). The van der Waals surface area contributed by atoms with Crippen molar-refractivity contribution in [1.82, 2.24) is 19.7 Å². The summed E-state index contributed by atoms with van der Waals surface area (Å²) in [5.74, 6) is -0.000669. The van der Waals surface area contributed by atoms with Gasteiger partial charge >= 0.3 is 0 Å². The van der Waals surface area contributed by atoms with Crippen LogP contribution in [0.5, 0.6) is 0 Å². The Morgan fingerprint density at radius 2 is 2.41 bits per heavy atom. The lowest BCUT2D eigenvalue weighted by atomic mass is 10.3. The molecule has 0 atom stereocenters. The van der Waals surface area contributed by atoms with Gasteiger partial charge in [0.1, 0.15) is 0 Å². The van der Waals surface area contributed by atoms with Gasteiger partial charge < -0.3 is 5.32 Å². The van der Waals surface area contributed by atoms with Crippen LogP contribution in [0, 0.1) is 0 Å². The Kier molecular flexibility index (Phi) is 3.49. The van der Waals surface area contributed by atoms with E-state index in [4.69, 9.17) is 0 Å². The molecule has 0 fully saturated rings. The Balaban J connectivity index is 1.98. The SMILES string of the molecule is CC(=O)NCCC=Cc1cnc2cnccn12. The number of carbonyl (C=O) groups is 1. The van der Waals surface area contributed by atoms with Crippen molar-refractivity contribution in [2.24, 2.45) is 0 Å².